The number of nitrogens with one attached hydrogen (secondary N) is 1. The highest BCUT2D eigenvalue weighted by atomic mass is 35.5. The summed E-state index contributed by atoms with van der Waals surface area (Å²) in [5, 5.41) is 0.0956. The summed E-state index contributed by atoms with van der Waals surface area (Å²) in [7, 11) is -7.61. The zero-order valence-corrected chi connectivity index (χ0v) is 17.2. The minimum atomic E-state index is -3.93. The summed E-state index contributed by atoms with van der Waals surface area (Å²) in [4.78, 5) is 0.0523. The molecule has 0 saturated carbocycles. The summed E-state index contributed by atoms with van der Waals surface area (Å²) < 4.78 is 55.1. The van der Waals surface area contributed by atoms with Gasteiger partial charge in [0.25, 0.3) is 10.0 Å². The molecular weight excluding hydrogens is 408 g/mol. The summed E-state index contributed by atoms with van der Waals surface area (Å²) in [6.07, 6.45) is 2.68. The molecule has 0 aliphatic carbocycles. The quantitative estimate of drug-likeness (QED) is 0.788. The van der Waals surface area contributed by atoms with Crippen molar-refractivity contribution >= 4 is 37.3 Å². The Morgan fingerprint density at radius 3 is 2.26 bits per heavy atom. The Bertz CT molecular complexity index is 1050. The Labute approximate surface area is 165 Å². The molecule has 1 fully saturated rings. The molecule has 6 nitrogen and oxygen atoms in total. The Balaban J connectivity index is 1.95. The highest BCUT2D eigenvalue weighted by molar-refractivity contribution is 7.92. The van der Waals surface area contributed by atoms with Gasteiger partial charge in [-0.25, -0.2) is 16.8 Å². The lowest BCUT2D eigenvalue weighted by Crippen LogP contribution is -2.36. The molecule has 2 aromatic rings. The van der Waals surface area contributed by atoms with Gasteiger partial charge in [-0.05, 0) is 49.6 Å². The van der Waals surface area contributed by atoms with Gasteiger partial charge in [0, 0.05) is 13.1 Å². The molecule has 1 aliphatic heterocycles. The minimum absolute atomic E-state index is 0.0623. The van der Waals surface area contributed by atoms with Crippen LogP contribution in [0.2, 0.25) is 5.02 Å². The van der Waals surface area contributed by atoms with Gasteiger partial charge in [-0.15, -0.1) is 0 Å². The maximum absolute atomic E-state index is 13.0. The Kier molecular flexibility index (Phi) is 5.81. The second-order valence-electron chi connectivity index (χ2n) is 6.48. The number of sulfonamides is 2. The number of benzene rings is 2. The van der Waals surface area contributed by atoms with Gasteiger partial charge in [-0.1, -0.05) is 36.2 Å². The zero-order chi connectivity index (χ0) is 19.7. The van der Waals surface area contributed by atoms with Crippen LogP contribution >= 0.6 is 11.6 Å². The van der Waals surface area contributed by atoms with E-state index in [0.29, 0.717) is 18.7 Å². The Hall–Kier alpha value is -1.61. The van der Waals surface area contributed by atoms with Crippen molar-refractivity contribution < 1.29 is 16.8 Å². The van der Waals surface area contributed by atoms with E-state index in [0.717, 1.165) is 19.3 Å². The first-order valence-corrected chi connectivity index (χ1v) is 11.9. The van der Waals surface area contributed by atoms with E-state index in [1.54, 1.807) is 31.2 Å². The van der Waals surface area contributed by atoms with Crippen molar-refractivity contribution in [2.75, 3.05) is 17.8 Å². The molecule has 9 heteroatoms. The predicted molar refractivity (Wildman–Crippen MR) is 106 cm³/mol. The van der Waals surface area contributed by atoms with E-state index in [9.17, 15) is 16.8 Å². The molecule has 1 heterocycles. The number of halogens is 1. The van der Waals surface area contributed by atoms with Crippen LogP contribution in [0.15, 0.2) is 52.3 Å². The summed E-state index contributed by atoms with van der Waals surface area (Å²) in [5.41, 5.74) is 0.748. The van der Waals surface area contributed by atoms with Crippen LogP contribution in [0.1, 0.15) is 24.8 Å². The van der Waals surface area contributed by atoms with E-state index in [1.807, 2.05) is 0 Å². The molecule has 0 bridgehead atoms. The second kappa shape index (κ2) is 7.79. The molecule has 1 saturated heterocycles. The van der Waals surface area contributed by atoms with Crippen molar-refractivity contribution in [1.82, 2.24) is 4.31 Å². The number of nitrogens with zero attached hydrogens (tertiary/aromatic N) is 1. The van der Waals surface area contributed by atoms with Gasteiger partial charge < -0.3 is 0 Å². The van der Waals surface area contributed by atoms with Crippen LogP contribution in [0.4, 0.5) is 5.69 Å². The third kappa shape index (κ3) is 4.29. The molecule has 0 unspecified atom stereocenters. The summed E-state index contributed by atoms with van der Waals surface area (Å²) >= 11 is 5.98. The molecule has 146 valence electrons. The lowest BCUT2D eigenvalue weighted by molar-refractivity contribution is 0.346. The van der Waals surface area contributed by atoms with E-state index in [-0.39, 0.29) is 20.5 Å². The van der Waals surface area contributed by atoms with Crippen molar-refractivity contribution in [3.8, 4) is 0 Å². The fraction of sp³-hybridized carbons (Fsp3) is 0.333. The average molecular weight is 429 g/mol. The van der Waals surface area contributed by atoms with E-state index in [1.165, 1.54) is 22.5 Å². The molecule has 3 rings (SSSR count). The average Bonchev–Trinajstić information content (AvgIpc) is 2.64. The SMILES string of the molecule is Cc1ccc(NS(=O)(=O)c2ccccc2Cl)cc1S(=O)(=O)N1CCCCC1. The van der Waals surface area contributed by atoms with E-state index >= 15 is 0 Å². The van der Waals surface area contributed by atoms with Crippen molar-refractivity contribution in [3.05, 3.63) is 53.1 Å². The standard InChI is InChI=1S/C18H21ClN2O4S2/c1-14-9-10-15(20-26(22,23)17-8-4-3-7-16(17)19)13-18(14)27(24,25)21-11-5-2-6-12-21/h3-4,7-10,13,20H,2,5-6,11-12H2,1H3. The molecule has 1 N–H and O–H groups in total. The maximum Gasteiger partial charge on any atom is 0.263 e. The largest absolute Gasteiger partial charge is 0.280 e. The van der Waals surface area contributed by atoms with Gasteiger partial charge in [0.15, 0.2) is 0 Å². The first-order chi connectivity index (χ1) is 12.7. The molecule has 0 atom stereocenters. The first-order valence-electron chi connectivity index (χ1n) is 8.60. The lowest BCUT2D eigenvalue weighted by Gasteiger charge is -2.26. The van der Waals surface area contributed by atoms with Crippen molar-refractivity contribution in [3.63, 3.8) is 0 Å². The fourth-order valence-electron chi connectivity index (χ4n) is 3.06. The van der Waals surface area contributed by atoms with Gasteiger partial charge >= 0.3 is 0 Å². The second-order valence-corrected chi connectivity index (χ2v) is 10.4. The Morgan fingerprint density at radius 2 is 1.59 bits per heavy atom. The molecule has 0 radical (unpaired) electrons. The third-order valence-electron chi connectivity index (χ3n) is 4.50. The summed E-state index contributed by atoms with van der Waals surface area (Å²) in [6.45, 7) is 2.66. The van der Waals surface area contributed by atoms with E-state index in [4.69, 9.17) is 11.6 Å². The lowest BCUT2D eigenvalue weighted by atomic mass is 10.2. The van der Waals surface area contributed by atoms with Gasteiger partial charge in [-0.2, -0.15) is 4.31 Å². The Morgan fingerprint density at radius 1 is 0.926 bits per heavy atom. The van der Waals surface area contributed by atoms with E-state index in [2.05, 4.69) is 4.72 Å². The minimum Gasteiger partial charge on any atom is -0.280 e. The maximum atomic E-state index is 13.0. The van der Waals surface area contributed by atoms with Crippen LogP contribution in [-0.4, -0.2) is 34.2 Å². The predicted octanol–water partition coefficient (Wildman–Crippen LogP) is 3.62. The topological polar surface area (TPSA) is 83.5 Å². The van der Waals surface area contributed by atoms with Crippen LogP contribution < -0.4 is 4.72 Å². The molecule has 0 spiro atoms. The number of aryl methyl sites for hydroxylation is 1. The van der Waals surface area contributed by atoms with E-state index < -0.39 is 20.0 Å². The smallest absolute Gasteiger partial charge is 0.263 e. The highest BCUT2D eigenvalue weighted by Crippen LogP contribution is 2.28. The molecule has 2 aromatic carbocycles. The number of hydrogen-bond acceptors (Lipinski definition) is 4. The number of hydrogen-bond donors (Lipinski definition) is 1. The molecule has 27 heavy (non-hydrogen) atoms. The van der Waals surface area contributed by atoms with Crippen molar-refractivity contribution in [2.24, 2.45) is 0 Å². The highest BCUT2D eigenvalue weighted by Gasteiger charge is 2.28. The van der Waals surface area contributed by atoms with Crippen LogP contribution in [0.25, 0.3) is 0 Å². The van der Waals surface area contributed by atoms with Gasteiger partial charge in [-0.3, -0.25) is 4.72 Å². The zero-order valence-electron chi connectivity index (χ0n) is 14.9. The van der Waals surface area contributed by atoms with Crippen molar-refractivity contribution in [2.45, 2.75) is 36.0 Å². The molecular formula is C18H21ClN2O4S2. The van der Waals surface area contributed by atoms with Crippen LogP contribution in [0.3, 0.4) is 0 Å². The number of rotatable bonds is 5. The van der Waals surface area contributed by atoms with Gasteiger partial charge in [0.2, 0.25) is 10.0 Å². The third-order valence-corrected chi connectivity index (χ3v) is 8.42. The molecule has 0 amide bonds. The van der Waals surface area contributed by atoms with Crippen LogP contribution in [0.5, 0.6) is 0 Å². The van der Waals surface area contributed by atoms with Gasteiger partial charge in [0.05, 0.1) is 15.6 Å². The summed E-state index contributed by atoms with van der Waals surface area (Å²) in [5.74, 6) is 0. The first kappa shape index (κ1) is 20.1. The monoisotopic (exact) mass is 428 g/mol. The fourth-order valence-corrected chi connectivity index (χ4v) is 6.40. The van der Waals surface area contributed by atoms with Crippen LogP contribution in [-0.2, 0) is 20.0 Å². The van der Waals surface area contributed by atoms with Crippen molar-refractivity contribution in [1.29, 1.82) is 0 Å². The molecule has 1 aliphatic rings. The van der Waals surface area contributed by atoms with Gasteiger partial charge in [0.1, 0.15) is 4.90 Å². The number of piperidine rings is 1. The normalized spacial score (nSPS) is 16.2. The number of anilines is 1. The van der Waals surface area contributed by atoms with Crippen LogP contribution in [0, 0.1) is 6.92 Å². The molecule has 0 aromatic heterocycles. The summed E-state index contributed by atoms with van der Waals surface area (Å²) in [6, 6.07) is 10.6.